The van der Waals surface area contributed by atoms with Gasteiger partial charge in [0.15, 0.2) is 0 Å². The molecule has 0 saturated carbocycles. The molecule has 0 bridgehead atoms. The number of benzene rings is 2. The minimum Gasteiger partial charge on any atom is -0.130 e. The zero-order valence-electron chi connectivity index (χ0n) is 8.66. The van der Waals surface area contributed by atoms with Crippen molar-refractivity contribution in [1.29, 1.82) is 0 Å². The summed E-state index contributed by atoms with van der Waals surface area (Å²) in [7, 11) is 0. The van der Waals surface area contributed by atoms with Crippen LogP contribution < -0.4 is 0 Å². The maximum Gasteiger partial charge on any atom is 0.00724 e. The summed E-state index contributed by atoms with van der Waals surface area (Å²) in [5.41, 5.74) is 5.78. The summed E-state index contributed by atoms with van der Waals surface area (Å²) in [5.74, 6) is 0. The number of hydrogen-bond acceptors (Lipinski definition) is 1. The predicted octanol–water partition coefficient (Wildman–Crippen LogP) is 3.98. The third-order valence-corrected chi connectivity index (χ3v) is 3.73. The molecule has 0 radical (unpaired) electrons. The first kappa shape index (κ1) is 9.05. The lowest BCUT2D eigenvalue weighted by molar-refractivity contribution is 1.24. The van der Waals surface area contributed by atoms with Gasteiger partial charge in [0.2, 0.25) is 0 Å². The highest BCUT2D eigenvalue weighted by Gasteiger charge is 2.17. The second-order valence-electron chi connectivity index (χ2n) is 3.86. The standard InChI is InChI=1S/C14H12S/c1-15-12-6-7-14-11(9-12)8-10-4-2-3-5-13(10)14/h2-7,9H,8H2,1H3. The molecule has 0 N–H and O–H groups in total. The van der Waals surface area contributed by atoms with Crippen LogP contribution in [0.2, 0.25) is 0 Å². The second kappa shape index (κ2) is 3.42. The molecule has 2 aromatic rings. The summed E-state index contributed by atoms with van der Waals surface area (Å²) in [6, 6.07) is 15.5. The van der Waals surface area contributed by atoms with E-state index in [2.05, 4.69) is 48.7 Å². The molecule has 0 nitrogen and oxygen atoms in total. The molecule has 0 fully saturated rings. The Morgan fingerprint density at radius 1 is 0.933 bits per heavy atom. The SMILES string of the molecule is CSc1ccc2c(c1)Cc1ccccc1-2. The minimum atomic E-state index is 1.10. The molecular weight excluding hydrogens is 200 g/mol. The fraction of sp³-hybridized carbons (Fsp3) is 0.143. The van der Waals surface area contributed by atoms with Crippen LogP contribution in [0.4, 0.5) is 0 Å². The second-order valence-corrected chi connectivity index (χ2v) is 4.74. The van der Waals surface area contributed by atoms with E-state index in [1.54, 1.807) is 0 Å². The summed E-state index contributed by atoms with van der Waals surface area (Å²) in [5, 5.41) is 0. The van der Waals surface area contributed by atoms with Crippen LogP contribution in [0.25, 0.3) is 11.1 Å². The van der Waals surface area contributed by atoms with Crippen LogP contribution in [0.15, 0.2) is 47.4 Å². The van der Waals surface area contributed by atoms with E-state index >= 15 is 0 Å². The molecule has 0 amide bonds. The molecule has 0 spiro atoms. The van der Waals surface area contributed by atoms with Crippen LogP contribution in [-0.2, 0) is 6.42 Å². The Balaban J connectivity index is 2.18. The van der Waals surface area contributed by atoms with Gasteiger partial charge in [-0.1, -0.05) is 30.3 Å². The van der Waals surface area contributed by atoms with Gasteiger partial charge < -0.3 is 0 Å². The van der Waals surface area contributed by atoms with Gasteiger partial charge in [0, 0.05) is 4.90 Å². The van der Waals surface area contributed by atoms with Gasteiger partial charge in [-0.2, -0.15) is 0 Å². The number of fused-ring (bicyclic) bond motifs is 3. The van der Waals surface area contributed by atoms with Crippen molar-refractivity contribution < 1.29 is 0 Å². The predicted molar refractivity (Wildman–Crippen MR) is 66.5 cm³/mol. The highest BCUT2D eigenvalue weighted by molar-refractivity contribution is 7.98. The zero-order chi connectivity index (χ0) is 10.3. The van der Waals surface area contributed by atoms with E-state index < -0.39 is 0 Å². The fourth-order valence-corrected chi connectivity index (χ4v) is 2.71. The number of thioether (sulfide) groups is 1. The van der Waals surface area contributed by atoms with Gasteiger partial charge in [0.1, 0.15) is 0 Å². The van der Waals surface area contributed by atoms with Gasteiger partial charge in [-0.25, -0.2) is 0 Å². The van der Waals surface area contributed by atoms with E-state index in [1.807, 2.05) is 11.8 Å². The molecule has 1 aliphatic rings. The van der Waals surface area contributed by atoms with Gasteiger partial charge in [0.25, 0.3) is 0 Å². The van der Waals surface area contributed by atoms with Gasteiger partial charge >= 0.3 is 0 Å². The molecule has 0 saturated heterocycles. The van der Waals surface area contributed by atoms with Crippen LogP contribution in [0.3, 0.4) is 0 Å². The van der Waals surface area contributed by atoms with Gasteiger partial charge in [-0.3, -0.25) is 0 Å². The Hall–Kier alpha value is -1.21. The molecule has 15 heavy (non-hydrogen) atoms. The minimum absolute atomic E-state index is 1.10. The quantitative estimate of drug-likeness (QED) is 0.550. The Morgan fingerprint density at radius 3 is 2.60 bits per heavy atom. The van der Waals surface area contributed by atoms with Crippen molar-refractivity contribution in [3.05, 3.63) is 53.6 Å². The van der Waals surface area contributed by atoms with Crippen molar-refractivity contribution in [2.75, 3.05) is 6.26 Å². The summed E-state index contributed by atoms with van der Waals surface area (Å²) >= 11 is 1.81. The molecular formula is C14H12S. The smallest absolute Gasteiger partial charge is 0.00724 e. The van der Waals surface area contributed by atoms with E-state index in [-0.39, 0.29) is 0 Å². The highest BCUT2D eigenvalue weighted by Crippen LogP contribution is 2.37. The molecule has 0 atom stereocenters. The van der Waals surface area contributed by atoms with Crippen molar-refractivity contribution in [1.82, 2.24) is 0 Å². The number of hydrogen-bond donors (Lipinski definition) is 0. The summed E-state index contributed by atoms with van der Waals surface area (Å²) in [6.07, 6.45) is 3.23. The Morgan fingerprint density at radius 2 is 1.73 bits per heavy atom. The van der Waals surface area contributed by atoms with Gasteiger partial charge in [-0.15, -0.1) is 11.8 Å². The molecule has 0 aromatic heterocycles. The lowest BCUT2D eigenvalue weighted by Gasteiger charge is -2.02. The van der Waals surface area contributed by atoms with Crippen LogP contribution in [0, 0.1) is 0 Å². The van der Waals surface area contributed by atoms with Crippen molar-refractivity contribution >= 4 is 11.8 Å². The summed E-state index contributed by atoms with van der Waals surface area (Å²) in [6.45, 7) is 0. The van der Waals surface area contributed by atoms with E-state index in [1.165, 1.54) is 27.1 Å². The third kappa shape index (κ3) is 1.38. The summed E-state index contributed by atoms with van der Waals surface area (Å²) in [4.78, 5) is 1.36. The Bertz CT molecular complexity index is 514. The number of rotatable bonds is 1. The van der Waals surface area contributed by atoms with Gasteiger partial charge in [-0.05, 0) is 47.1 Å². The molecule has 1 aliphatic carbocycles. The maximum atomic E-state index is 2.32. The average molecular weight is 212 g/mol. The molecule has 0 aliphatic heterocycles. The largest absolute Gasteiger partial charge is 0.130 e. The maximum absolute atomic E-state index is 2.32. The first-order chi connectivity index (χ1) is 7.38. The topological polar surface area (TPSA) is 0 Å². The van der Waals surface area contributed by atoms with E-state index in [4.69, 9.17) is 0 Å². The molecule has 2 aromatic carbocycles. The lowest BCUT2D eigenvalue weighted by atomic mass is 10.1. The Kier molecular flexibility index (Phi) is 2.06. The van der Waals surface area contributed by atoms with E-state index in [0.29, 0.717) is 0 Å². The highest BCUT2D eigenvalue weighted by atomic mass is 32.2. The molecule has 0 heterocycles. The fourth-order valence-electron chi connectivity index (χ4n) is 2.25. The first-order valence-electron chi connectivity index (χ1n) is 5.13. The molecule has 3 rings (SSSR count). The van der Waals surface area contributed by atoms with Crippen LogP contribution in [0.5, 0.6) is 0 Å². The normalized spacial score (nSPS) is 12.3. The van der Waals surface area contributed by atoms with Crippen LogP contribution in [0.1, 0.15) is 11.1 Å². The Labute approximate surface area is 94.3 Å². The van der Waals surface area contributed by atoms with Crippen molar-refractivity contribution in [2.24, 2.45) is 0 Å². The lowest BCUT2D eigenvalue weighted by Crippen LogP contribution is -1.80. The van der Waals surface area contributed by atoms with Crippen molar-refractivity contribution in [3.8, 4) is 11.1 Å². The zero-order valence-corrected chi connectivity index (χ0v) is 9.47. The molecule has 74 valence electrons. The van der Waals surface area contributed by atoms with Crippen LogP contribution >= 0.6 is 11.8 Å². The van der Waals surface area contributed by atoms with E-state index in [9.17, 15) is 0 Å². The van der Waals surface area contributed by atoms with Crippen molar-refractivity contribution in [2.45, 2.75) is 11.3 Å². The average Bonchev–Trinajstić information content (AvgIpc) is 2.66. The van der Waals surface area contributed by atoms with Crippen LogP contribution in [-0.4, -0.2) is 6.26 Å². The monoisotopic (exact) mass is 212 g/mol. The molecule has 1 heteroatoms. The van der Waals surface area contributed by atoms with Crippen molar-refractivity contribution in [3.63, 3.8) is 0 Å². The summed E-state index contributed by atoms with van der Waals surface area (Å²) < 4.78 is 0. The van der Waals surface area contributed by atoms with E-state index in [0.717, 1.165) is 6.42 Å². The third-order valence-electron chi connectivity index (χ3n) is 3.00. The molecule has 0 unspecified atom stereocenters. The van der Waals surface area contributed by atoms with Gasteiger partial charge in [0.05, 0.1) is 0 Å². The first-order valence-corrected chi connectivity index (χ1v) is 6.36.